The third kappa shape index (κ3) is 2.47. The summed E-state index contributed by atoms with van der Waals surface area (Å²) in [6.07, 6.45) is 5.71. The second-order valence-electron chi connectivity index (χ2n) is 7.17. The fourth-order valence-electron chi connectivity index (χ4n) is 4.42. The van der Waals surface area contributed by atoms with Gasteiger partial charge >= 0.3 is 0 Å². The number of hydrogen-bond acceptors (Lipinski definition) is 3. The molecule has 0 aromatic heterocycles. The molecule has 0 saturated carbocycles. The molecule has 3 atom stereocenters. The summed E-state index contributed by atoms with van der Waals surface area (Å²) in [4.78, 5) is 26.0. The predicted molar refractivity (Wildman–Crippen MR) is 110 cm³/mol. The molecule has 0 heterocycles. The highest BCUT2D eigenvalue weighted by atomic mass is 79.9. The van der Waals surface area contributed by atoms with E-state index in [1.165, 1.54) is 6.08 Å². The van der Waals surface area contributed by atoms with E-state index < -0.39 is 10.2 Å². The molecular formula is C23H19BrO3. The van der Waals surface area contributed by atoms with Crippen molar-refractivity contribution in [1.29, 1.82) is 0 Å². The van der Waals surface area contributed by atoms with E-state index in [0.29, 0.717) is 12.0 Å². The van der Waals surface area contributed by atoms with Crippen LogP contribution in [-0.4, -0.2) is 21.0 Å². The molecule has 1 N–H and O–H groups in total. The van der Waals surface area contributed by atoms with Crippen LogP contribution in [0.1, 0.15) is 24.8 Å². The molecule has 3 nitrogen and oxygen atoms in total. The molecule has 2 aromatic carbocycles. The molecule has 0 bridgehead atoms. The zero-order chi connectivity index (χ0) is 19.3. The van der Waals surface area contributed by atoms with Crippen molar-refractivity contribution in [1.82, 2.24) is 0 Å². The molecular weight excluding hydrogens is 404 g/mol. The van der Waals surface area contributed by atoms with E-state index in [-0.39, 0.29) is 23.2 Å². The van der Waals surface area contributed by atoms with E-state index in [1.807, 2.05) is 36.4 Å². The van der Waals surface area contributed by atoms with Gasteiger partial charge in [-0.1, -0.05) is 65.0 Å². The van der Waals surface area contributed by atoms with E-state index in [1.54, 1.807) is 19.1 Å². The molecule has 2 aliphatic carbocycles. The normalized spacial score (nSPS) is 27.8. The van der Waals surface area contributed by atoms with E-state index >= 15 is 0 Å². The fraction of sp³-hybridized carbons (Fsp3) is 0.217. The summed E-state index contributed by atoms with van der Waals surface area (Å²) in [5.41, 5.74) is 2.31. The molecule has 0 aliphatic heterocycles. The molecule has 2 aromatic rings. The van der Waals surface area contributed by atoms with E-state index in [0.717, 1.165) is 21.9 Å². The number of rotatable bonds is 2. The Morgan fingerprint density at radius 3 is 2.59 bits per heavy atom. The van der Waals surface area contributed by atoms with Gasteiger partial charge in [-0.3, -0.25) is 9.59 Å². The maximum absolute atomic E-state index is 13.2. The Hall–Kier alpha value is -2.46. The van der Waals surface area contributed by atoms with Gasteiger partial charge in [-0.15, -0.1) is 0 Å². The number of phenolic OH excluding ortho intramolecular Hbond substituents is 1. The average Bonchev–Trinajstić information content (AvgIpc) is 2.67. The van der Waals surface area contributed by atoms with Gasteiger partial charge in [-0.2, -0.15) is 0 Å². The summed E-state index contributed by atoms with van der Waals surface area (Å²) in [6, 6.07) is 11.0. The molecule has 0 unspecified atom stereocenters. The second kappa shape index (κ2) is 6.31. The maximum atomic E-state index is 13.2. The highest BCUT2D eigenvalue weighted by molar-refractivity contribution is 9.10. The van der Waals surface area contributed by atoms with Gasteiger partial charge in [0.05, 0.1) is 0 Å². The first-order chi connectivity index (χ1) is 12.9. The van der Waals surface area contributed by atoms with Crippen LogP contribution in [-0.2, 0) is 9.59 Å². The van der Waals surface area contributed by atoms with Crippen LogP contribution in [0.5, 0.6) is 5.75 Å². The quantitative estimate of drug-likeness (QED) is 0.693. The molecule has 0 amide bonds. The van der Waals surface area contributed by atoms with Gasteiger partial charge in [0.25, 0.3) is 0 Å². The Bertz CT molecular complexity index is 1060. The number of carbonyl (C=O) groups is 2. The van der Waals surface area contributed by atoms with Crippen molar-refractivity contribution in [2.75, 3.05) is 0 Å². The minimum atomic E-state index is -1.05. The van der Waals surface area contributed by atoms with Crippen molar-refractivity contribution in [3.8, 4) is 5.75 Å². The van der Waals surface area contributed by atoms with Crippen molar-refractivity contribution < 1.29 is 14.7 Å². The number of ketones is 2. The topological polar surface area (TPSA) is 54.4 Å². The molecule has 0 fully saturated rings. The Balaban J connectivity index is 2.03. The van der Waals surface area contributed by atoms with Crippen molar-refractivity contribution in [3.05, 3.63) is 77.9 Å². The van der Waals surface area contributed by atoms with Gasteiger partial charge in [0.2, 0.25) is 0 Å². The van der Waals surface area contributed by atoms with Crippen LogP contribution < -0.4 is 0 Å². The first kappa shape index (κ1) is 17.9. The van der Waals surface area contributed by atoms with Crippen LogP contribution >= 0.6 is 15.9 Å². The molecule has 0 saturated heterocycles. The summed E-state index contributed by atoms with van der Waals surface area (Å²) < 4.78 is -1.05. The van der Waals surface area contributed by atoms with Gasteiger partial charge in [-0.05, 0) is 47.6 Å². The largest absolute Gasteiger partial charge is 0.507 e. The minimum absolute atomic E-state index is 0.000999. The summed E-state index contributed by atoms with van der Waals surface area (Å²) in [5, 5.41) is 11.8. The number of halogens is 1. The zero-order valence-electron chi connectivity index (χ0n) is 14.9. The van der Waals surface area contributed by atoms with Crippen molar-refractivity contribution >= 4 is 38.3 Å². The molecule has 0 radical (unpaired) electrons. The highest BCUT2D eigenvalue weighted by Crippen LogP contribution is 2.55. The third-order valence-electron chi connectivity index (χ3n) is 5.76. The van der Waals surface area contributed by atoms with Gasteiger partial charge in [0.15, 0.2) is 11.6 Å². The lowest BCUT2D eigenvalue weighted by Crippen LogP contribution is -2.52. The number of fused-ring (bicyclic) bond motifs is 2. The summed E-state index contributed by atoms with van der Waals surface area (Å²) >= 11 is 3.73. The van der Waals surface area contributed by atoms with Gasteiger partial charge in [0, 0.05) is 17.2 Å². The van der Waals surface area contributed by atoms with E-state index in [2.05, 4.69) is 22.5 Å². The number of benzene rings is 2. The number of Topliss-reactive ketones (excluding diaryl/α,β-unsaturated/α-hetero) is 1. The number of phenols is 1. The number of allylic oxidation sites excluding steroid dienone is 5. The summed E-state index contributed by atoms with van der Waals surface area (Å²) in [6.45, 7) is 5.63. The average molecular weight is 423 g/mol. The maximum Gasteiger partial charge on any atom is 0.174 e. The van der Waals surface area contributed by atoms with Crippen LogP contribution in [0.4, 0.5) is 0 Å². The van der Waals surface area contributed by atoms with Gasteiger partial charge in [0.1, 0.15) is 10.1 Å². The third-order valence-corrected chi connectivity index (χ3v) is 7.16. The van der Waals surface area contributed by atoms with Crippen LogP contribution in [0.15, 0.2) is 72.4 Å². The molecule has 136 valence electrons. The van der Waals surface area contributed by atoms with Crippen LogP contribution in [0.3, 0.4) is 0 Å². The summed E-state index contributed by atoms with van der Waals surface area (Å²) in [7, 11) is 0. The van der Waals surface area contributed by atoms with E-state index in [9.17, 15) is 14.7 Å². The number of hydrogen-bond donors (Lipinski definition) is 1. The smallest absolute Gasteiger partial charge is 0.174 e. The lowest BCUT2D eigenvalue weighted by Gasteiger charge is -2.45. The predicted octanol–water partition coefficient (Wildman–Crippen LogP) is 4.99. The molecule has 0 spiro atoms. The minimum Gasteiger partial charge on any atom is -0.507 e. The number of carbonyl (C=O) groups excluding carboxylic acids is 2. The lowest BCUT2D eigenvalue weighted by atomic mass is 9.62. The van der Waals surface area contributed by atoms with Crippen molar-refractivity contribution in [2.45, 2.75) is 23.6 Å². The van der Waals surface area contributed by atoms with Gasteiger partial charge < -0.3 is 5.11 Å². The fourth-order valence-corrected chi connectivity index (χ4v) is 5.44. The second-order valence-corrected chi connectivity index (χ2v) is 8.49. The molecule has 27 heavy (non-hydrogen) atoms. The van der Waals surface area contributed by atoms with E-state index in [4.69, 9.17) is 0 Å². The summed E-state index contributed by atoms with van der Waals surface area (Å²) in [5.74, 6) is -0.745. The lowest BCUT2D eigenvalue weighted by molar-refractivity contribution is -0.128. The molecule has 4 heteroatoms. The number of aromatic hydroxyl groups is 1. The Kier molecular flexibility index (Phi) is 4.19. The number of alkyl halides is 1. The van der Waals surface area contributed by atoms with Crippen LogP contribution in [0, 0.1) is 5.92 Å². The first-order valence-electron chi connectivity index (χ1n) is 8.88. The van der Waals surface area contributed by atoms with Crippen molar-refractivity contribution in [2.24, 2.45) is 5.92 Å². The monoisotopic (exact) mass is 422 g/mol. The van der Waals surface area contributed by atoms with Gasteiger partial charge in [-0.25, -0.2) is 0 Å². The first-order valence-corrected chi connectivity index (χ1v) is 9.67. The zero-order valence-corrected chi connectivity index (χ0v) is 16.5. The Morgan fingerprint density at radius 1 is 1.19 bits per heavy atom. The SMILES string of the molecule is C=CC1=CC[C@H]2C(=O)C(C)=CC(=O)[C@@]2(Br)[C@H]1c1ccc(O)c2ccccc12. The van der Waals surface area contributed by atoms with Crippen LogP contribution in [0.25, 0.3) is 10.8 Å². The molecule has 2 aliphatic rings. The highest BCUT2D eigenvalue weighted by Gasteiger charge is 2.56. The standard InChI is InChI=1S/C23H19BrO3/c1-3-14-8-10-18-22(27)13(2)12-20(26)23(18,24)21(14)17-9-11-19(25)16-7-5-4-6-15(16)17/h3-9,11-12,18,21,25H,1,10H2,2H3/t18-,21+,23+/m0/s1. The van der Waals surface area contributed by atoms with Crippen molar-refractivity contribution in [3.63, 3.8) is 0 Å². The Morgan fingerprint density at radius 2 is 1.89 bits per heavy atom. The Labute approximate surface area is 166 Å². The van der Waals surface area contributed by atoms with Crippen LogP contribution in [0.2, 0.25) is 0 Å². The molecule has 4 rings (SSSR count).